The Bertz CT molecular complexity index is 294. The normalized spacial score (nSPS) is 31.7. The van der Waals surface area contributed by atoms with Gasteiger partial charge in [0, 0.05) is 6.04 Å². The Balaban J connectivity index is 1.91. The lowest BCUT2D eigenvalue weighted by molar-refractivity contribution is -0.146. The number of hydrogen-bond donors (Lipinski definition) is 2. The van der Waals surface area contributed by atoms with Gasteiger partial charge in [-0.1, -0.05) is 13.3 Å². The molecule has 0 bridgehead atoms. The fourth-order valence-corrected chi connectivity index (χ4v) is 4.01. The summed E-state index contributed by atoms with van der Waals surface area (Å²) in [5, 5.41) is 13.1. The van der Waals surface area contributed by atoms with Gasteiger partial charge in [0.1, 0.15) is 5.54 Å². The van der Waals surface area contributed by atoms with Crippen LogP contribution in [0.25, 0.3) is 0 Å². The van der Waals surface area contributed by atoms with Gasteiger partial charge in [-0.05, 0) is 55.9 Å². The third-order valence-corrected chi connectivity index (χ3v) is 5.42. The molecule has 2 saturated carbocycles. The van der Waals surface area contributed by atoms with Crippen LogP contribution in [0.15, 0.2) is 0 Å². The van der Waals surface area contributed by atoms with Crippen LogP contribution in [0.4, 0.5) is 0 Å². The highest BCUT2D eigenvalue weighted by Gasteiger charge is 2.50. The van der Waals surface area contributed by atoms with E-state index in [9.17, 15) is 9.90 Å². The van der Waals surface area contributed by atoms with Crippen molar-refractivity contribution in [3.8, 4) is 0 Å². The Morgan fingerprint density at radius 2 is 2.17 bits per heavy atom. The van der Waals surface area contributed by atoms with Crippen LogP contribution in [0.3, 0.4) is 0 Å². The molecule has 2 aliphatic carbocycles. The minimum absolute atomic E-state index is 0.333. The zero-order chi connectivity index (χ0) is 13.0. The van der Waals surface area contributed by atoms with Crippen LogP contribution in [-0.2, 0) is 4.79 Å². The number of carboxylic acids is 1. The van der Waals surface area contributed by atoms with Crippen molar-refractivity contribution in [1.82, 2.24) is 5.32 Å². The first kappa shape index (κ1) is 14.2. The third-order valence-electron chi connectivity index (χ3n) is 4.20. The highest BCUT2D eigenvalue weighted by atomic mass is 32.2. The lowest BCUT2D eigenvalue weighted by Gasteiger charge is -2.32. The molecule has 4 heteroatoms. The number of carboxylic acid groups (broad SMARTS) is 1. The summed E-state index contributed by atoms with van der Waals surface area (Å²) in [5.41, 5.74) is -0.603. The van der Waals surface area contributed by atoms with Gasteiger partial charge in [-0.25, -0.2) is 0 Å². The second-order valence-corrected chi connectivity index (χ2v) is 6.91. The first-order valence-corrected chi connectivity index (χ1v) is 8.43. The number of thioether (sulfide) groups is 1. The zero-order valence-electron chi connectivity index (χ0n) is 11.3. The fraction of sp³-hybridized carbons (Fsp3) is 0.929. The maximum absolute atomic E-state index is 11.7. The minimum Gasteiger partial charge on any atom is -0.480 e. The Kier molecular flexibility index (Phi) is 4.96. The number of aliphatic carboxylic acids is 1. The molecule has 2 N–H and O–H groups in total. The second-order valence-electron chi connectivity index (χ2n) is 5.69. The molecular weight excluding hydrogens is 246 g/mol. The average Bonchev–Trinajstić information content (AvgIpc) is 3.05. The van der Waals surface area contributed by atoms with Crippen LogP contribution >= 0.6 is 11.8 Å². The monoisotopic (exact) mass is 271 g/mol. The first-order chi connectivity index (χ1) is 8.69. The van der Waals surface area contributed by atoms with Crippen molar-refractivity contribution in [1.29, 1.82) is 0 Å². The molecule has 2 aliphatic rings. The van der Waals surface area contributed by atoms with Gasteiger partial charge in [-0.3, -0.25) is 10.1 Å². The highest BCUT2D eigenvalue weighted by Crippen LogP contribution is 2.41. The molecule has 104 valence electrons. The van der Waals surface area contributed by atoms with Gasteiger partial charge >= 0.3 is 5.97 Å². The summed E-state index contributed by atoms with van der Waals surface area (Å²) in [7, 11) is 0. The van der Waals surface area contributed by atoms with Crippen molar-refractivity contribution in [2.45, 2.75) is 63.5 Å². The van der Waals surface area contributed by atoms with Crippen molar-refractivity contribution < 1.29 is 9.90 Å². The molecule has 0 aromatic heterocycles. The topological polar surface area (TPSA) is 49.3 Å². The molecule has 0 saturated heterocycles. The van der Waals surface area contributed by atoms with Crippen molar-refractivity contribution in [2.24, 2.45) is 5.92 Å². The standard InChI is InChI=1S/C14H25NO2S/c1-2-9-18-10-7-11-4-3-8-14(11,13(16)17)15-12-5-6-12/h11-12,15H,2-10H2,1H3,(H,16,17). The lowest BCUT2D eigenvalue weighted by Crippen LogP contribution is -2.55. The van der Waals surface area contributed by atoms with Gasteiger partial charge in [0.2, 0.25) is 0 Å². The van der Waals surface area contributed by atoms with Gasteiger partial charge in [0.25, 0.3) is 0 Å². The molecule has 2 rings (SSSR count). The van der Waals surface area contributed by atoms with Gasteiger partial charge in [-0.15, -0.1) is 0 Å². The van der Waals surface area contributed by atoms with Crippen LogP contribution < -0.4 is 5.32 Å². The summed E-state index contributed by atoms with van der Waals surface area (Å²) in [6.07, 6.45) is 7.55. The van der Waals surface area contributed by atoms with E-state index in [-0.39, 0.29) is 0 Å². The summed E-state index contributed by atoms with van der Waals surface area (Å²) in [4.78, 5) is 11.7. The van der Waals surface area contributed by atoms with Crippen LogP contribution in [0.2, 0.25) is 0 Å². The SMILES string of the molecule is CCCSCCC1CCCC1(NC1CC1)C(=O)O. The van der Waals surface area contributed by atoms with Crippen molar-refractivity contribution in [3.05, 3.63) is 0 Å². The van der Waals surface area contributed by atoms with Gasteiger partial charge in [0.05, 0.1) is 0 Å². The van der Waals surface area contributed by atoms with E-state index in [0.29, 0.717) is 12.0 Å². The molecule has 0 radical (unpaired) electrons. The molecule has 18 heavy (non-hydrogen) atoms. The second kappa shape index (κ2) is 6.29. The predicted octanol–water partition coefficient (Wildman–Crippen LogP) is 2.90. The number of rotatable bonds is 8. The third kappa shape index (κ3) is 3.21. The average molecular weight is 271 g/mol. The van der Waals surface area contributed by atoms with Crippen molar-refractivity contribution in [3.63, 3.8) is 0 Å². The maximum atomic E-state index is 11.7. The minimum atomic E-state index is -0.614. The fourth-order valence-electron chi connectivity index (χ4n) is 3.07. The molecule has 2 atom stereocenters. The molecule has 0 aliphatic heterocycles. The molecule has 0 amide bonds. The summed E-state index contributed by atoms with van der Waals surface area (Å²) >= 11 is 1.97. The Morgan fingerprint density at radius 1 is 1.39 bits per heavy atom. The van der Waals surface area contributed by atoms with E-state index in [2.05, 4.69) is 12.2 Å². The van der Waals surface area contributed by atoms with E-state index in [1.807, 2.05) is 11.8 Å². The first-order valence-electron chi connectivity index (χ1n) is 7.28. The van der Waals surface area contributed by atoms with E-state index in [1.54, 1.807) is 0 Å². The Morgan fingerprint density at radius 3 is 2.78 bits per heavy atom. The summed E-state index contributed by atoms with van der Waals surface area (Å²) in [6.45, 7) is 2.19. The van der Waals surface area contributed by atoms with E-state index in [4.69, 9.17) is 0 Å². The quantitative estimate of drug-likeness (QED) is 0.667. The molecule has 2 fully saturated rings. The van der Waals surface area contributed by atoms with Gasteiger partial charge in [-0.2, -0.15) is 11.8 Å². The molecule has 0 heterocycles. The van der Waals surface area contributed by atoms with E-state index < -0.39 is 11.5 Å². The molecular formula is C14H25NO2S. The predicted molar refractivity (Wildman–Crippen MR) is 76.1 cm³/mol. The highest BCUT2D eigenvalue weighted by molar-refractivity contribution is 7.99. The van der Waals surface area contributed by atoms with Gasteiger partial charge < -0.3 is 5.11 Å². The van der Waals surface area contributed by atoms with Crippen molar-refractivity contribution in [2.75, 3.05) is 11.5 Å². The Labute approximate surface area is 114 Å². The molecule has 2 unspecified atom stereocenters. The molecule has 0 aromatic carbocycles. The van der Waals surface area contributed by atoms with E-state index in [0.717, 1.165) is 44.3 Å². The maximum Gasteiger partial charge on any atom is 0.324 e. The van der Waals surface area contributed by atoms with E-state index in [1.165, 1.54) is 12.2 Å². The number of carbonyl (C=O) groups is 1. The molecule has 0 aromatic rings. The van der Waals surface area contributed by atoms with Gasteiger partial charge in [0.15, 0.2) is 0 Å². The zero-order valence-corrected chi connectivity index (χ0v) is 12.1. The smallest absolute Gasteiger partial charge is 0.324 e. The molecule has 0 spiro atoms. The summed E-state index contributed by atoms with van der Waals surface area (Å²) < 4.78 is 0. The van der Waals surface area contributed by atoms with Crippen LogP contribution in [0.1, 0.15) is 51.9 Å². The Hall–Kier alpha value is -0.220. The number of hydrogen-bond acceptors (Lipinski definition) is 3. The van der Waals surface area contributed by atoms with Crippen LogP contribution in [0, 0.1) is 5.92 Å². The number of nitrogens with one attached hydrogen (secondary N) is 1. The summed E-state index contributed by atoms with van der Waals surface area (Å²) in [5.74, 6) is 2.03. The summed E-state index contributed by atoms with van der Waals surface area (Å²) in [6, 6.07) is 0.477. The van der Waals surface area contributed by atoms with Crippen molar-refractivity contribution >= 4 is 17.7 Å². The largest absolute Gasteiger partial charge is 0.480 e. The van der Waals surface area contributed by atoms with Crippen LogP contribution in [-0.4, -0.2) is 34.2 Å². The lowest BCUT2D eigenvalue weighted by atomic mass is 9.85. The molecule has 3 nitrogen and oxygen atoms in total. The van der Waals surface area contributed by atoms with E-state index >= 15 is 0 Å². The van der Waals surface area contributed by atoms with Crippen LogP contribution in [0.5, 0.6) is 0 Å².